The summed E-state index contributed by atoms with van der Waals surface area (Å²) in [6.45, 7) is 1.88. The maximum absolute atomic E-state index is 9.29. The standard InChI is InChI=1S/C8H11NOS/c1-6-3-4-7(11-9-2)5-8(6)10/h3-5,9-10H,1-2H3. The number of aromatic hydroxyl groups is 1. The van der Waals surface area contributed by atoms with Crippen LogP contribution < -0.4 is 4.72 Å². The summed E-state index contributed by atoms with van der Waals surface area (Å²) < 4.78 is 2.94. The summed E-state index contributed by atoms with van der Waals surface area (Å²) in [5.41, 5.74) is 0.908. The van der Waals surface area contributed by atoms with Gasteiger partial charge in [0.25, 0.3) is 0 Å². The molecule has 2 N–H and O–H groups in total. The van der Waals surface area contributed by atoms with Crippen molar-refractivity contribution in [1.29, 1.82) is 0 Å². The highest BCUT2D eigenvalue weighted by molar-refractivity contribution is 7.97. The average Bonchev–Trinajstić information content (AvgIpc) is 1.98. The number of phenolic OH excluding ortho intramolecular Hbond substituents is 1. The monoisotopic (exact) mass is 169 g/mol. The van der Waals surface area contributed by atoms with Gasteiger partial charge in [-0.15, -0.1) is 0 Å². The van der Waals surface area contributed by atoms with E-state index in [1.165, 1.54) is 11.9 Å². The molecule has 0 atom stereocenters. The Kier molecular flexibility index (Phi) is 2.79. The molecule has 0 spiro atoms. The van der Waals surface area contributed by atoms with Crippen LogP contribution in [0.1, 0.15) is 5.56 Å². The van der Waals surface area contributed by atoms with E-state index in [0.717, 1.165) is 10.5 Å². The van der Waals surface area contributed by atoms with E-state index in [9.17, 15) is 5.11 Å². The van der Waals surface area contributed by atoms with Gasteiger partial charge in [-0.3, -0.25) is 4.72 Å². The molecule has 0 bridgehead atoms. The van der Waals surface area contributed by atoms with Gasteiger partial charge in [0, 0.05) is 4.90 Å². The quantitative estimate of drug-likeness (QED) is 0.663. The molecule has 0 aromatic heterocycles. The van der Waals surface area contributed by atoms with Gasteiger partial charge in [-0.2, -0.15) is 0 Å². The maximum atomic E-state index is 9.29. The highest BCUT2D eigenvalue weighted by atomic mass is 32.2. The van der Waals surface area contributed by atoms with E-state index in [-0.39, 0.29) is 0 Å². The molecule has 0 amide bonds. The van der Waals surface area contributed by atoms with Crippen LogP contribution in [-0.2, 0) is 0 Å². The fraction of sp³-hybridized carbons (Fsp3) is 0.250. The number of aryl methyl sites for hydroxylation is 1. The van der Waals surface area contributed by atoms with Crippen LogP contribution in [0.3, 0.4) is 0 Å². The third-order valence-corrected chi connectivity index (χ3v) is 2.09. The van der Waals surface area contributed by atoms with Crippen molar-refractivity contribution in [2.24, 2.45) is 0 Å². The van der Waals surface area contributed by atoms with Gasteiger partial charge in [0.2, 0.25) is 0 Å². The first-order valence-corrected chi connectivity index (χ1v) is 4.19. The van der Waals surface area contributed by atoms with E-state index < -0.39 is 0 Å². The molecule has 0 heterocycles. The van der Waals surface area contributed by atoms with Crippen LogP contribution in [0.4, 0.5) is 0 Å². The first-order valence-electron chi connectivity index (χ1n) is 3.37. The molecule has 1 aromatic carbocycles. The van der Waals surface area contributed by atoms with Crippen molar-refractivity contribution in [3.8, 4) is 5.75 Å². The second-order valence-corrected chi connectivity index (χ2v) is 3.34. The van der Waals surface area contributed by atoms with Crippen LogP contribution in [0.5, 0.6) is 5.75 Å². The Balaban J connectivity index is 2.86. The van der Waals surface area contributed by atoms with E-state index in [2.05, 4.69) is 4.72 Å². The van der Waals surface area contributed by atoms with Gasteiger partial charge in [0.15, 0.2) is 0 Å². The zero-order valence-corrected chi connectivity index (χ0v) is 7.40. The second kappa shape index (κ2) is 3.64. The largest absolute Gasteiger partial charge is 0.508 e. The molecule has 60 valence electrons. The third-order valence-electron chi connectivity index (χ3n) is 1.40. The Morgan fingerprint density at radius 1 is 1.45 bits per heavy atom. The predicted molar refractivity (Wildman–Crippen MR) is 47.8 cm³/mol. The Hall–Kier alpha value is -0.670. The molecular weight excluding hydrogens is 158 g/mol. The Morgan fingerprint density at radius 3 is 2.73 bits per heavy atom. The lowest BCUT2D eigenvalue weighted by Crippen LogP contribution is -1.90. The zero-order valence-electron chi connectivity index (χ0n) is 6.59. The Morgan fingerprint density at radius 2 is 2.18 bits per heavy atom. The Bertz CT molecular complexity index is 250. The molecule has 0 fully saturated rings. The summed E-state index contributed by atoms with van der Waals surface area (Å²) >= 11 is 1.49. The molecule has 0 unspecified atom stereocenters. The number of benzene rings is 1. The fourth-order valence-electron chi connectivity index (χ4n) is 0.771. The highest BCUT2D eigenvalue weighted by Crippen LogP contribution is 2.22. The topological polar surface area (TPSA) is 32.3 Å². The molecule has 11 heavy (non-hydrogen) atoms. The van der Waals surface area contributed by atoms with E-state index in [0.29, 0.717) is 5.75 Å². The predicted octanol–water partition coefficient (Wildman–Crippen LogP) is 1.93. The molecule has 1 rings (SSSR count). The van der Waals surface area contributed by atoms with Gasteiger partial charge in [0.05, 0.1) is 0 Å². The van der Waals surface area contributed by atoms with Gasteiger partial charge in [-0.1, -0.05) is 6.07 Å². The lowest BCUT2D eigenvalue weighted by atomic mass is 10.2. The van der Waals surface area contributed by atoms with Crippen molar-refractivity contribution in [3.05, 3.63) is 23.8 Å². The minimum atomic E-state index is 0.352. The summed E-state index contributed by atoms with van der Waals surface area (Å²) in [6, 6.07) is 5.61. The van der Waals surface area contributed by atoms with E-state index in [1.807, 2.05) is 26.1 Å². The number of hydrogen-bond acceptors (Lipinski definition) is 3. The smallest absolute Gasteiger partial charge is 0.119 e. The molecule has 0 aliphatic carbocycles. The Labute approximate surface area is 70.8 Å². The maximum Gasteiger partial charge on any atom is 0.119 e. The molecule has 3 heteroatoms. The van der Waals surface area contributed by atoms with Gasteiger partial charge in [-0.05, 0) is 43.6 Å². The molecule has 2 nitrogen and oxygen atoms in total. The van der Waals surface area contributed by atoms with Gasteiger partial charge < -0.3 is 5.11 Å². The van der Waals surface area contributed by atoms with Crippen LogP contribution in [0, 0.1) is 6.92 Å². The van der Waals surface area contributed by atoms with E-state index in [4.69, 9.17) is 0 Å². The van der Waals surface area contributed by atoms with Gasteiger partial charge >= 0.3 is 0 Å². The minimum Gasteiger partial charge on any atom is -0.508 e. The van der Waals surface area contributed by atoms with Crippen LogP contribution >= 0.6 is 11.9 Å². The molecule has 0 radical (unpaired) electrons. The van der Waals surface area contributed by atoms with Gasteiger partial charge in [0.1, 0.15) is 5.75 Å². The van der Waals surface area contributed by atoms with Crippen molar-refractivity contribution in [2.75, 3.05) is 7.05 Å². The number of nitrogens with one attached hydrogen (secondary N) is 1. The molecule has 0 saturated heterocycles. The molecule has 0 saturated carbocycles. The van der Waals surface area contributed by atoms with Crippen LogP contribution in [0.25, 0.3) is 0 Å². The summed E-state index contributed by atoms with van der Waals surface area (Å²) in [7, 11) is 1.85. The van der Waals surface area contributed by atoms with Crippen molar-refractivity contribution in [1.82, 2.24) is 4.72 Å². The molecule has 0 aliphatic rings. The molecule has 0 aliphatic heterocycles. The first-order chi connectivity index (χ1) is 5.24. The van der Waals surface area contributed by atoms with Crippen molar-refractivity contribution in [3.63, 3.8) is 0 Å². The van der Waals surface area contributed by atoms with Crippen molar-refractivity contribution < 1.29 is 5.11 Å². The minimum absolute atomic E-state index is 0.352. The molecule has 1 aromatic rings. The van der Waals surface area contributed by atoms with E-state index in [1.54, 1.807) is 6.07 Å². The first kappa shape index (κ1) is 8.43. The van der Waals surface area contributed by atoms with E-state index >= 15 is 0 Å². The van der Waals surface area contributed by atoms with Crippen molar-refractivity contribution >= 4 is 11.9 Å². The third kappa shape index (κ3) is 2.13. The highest BCUT2D eigenvalue weighted by Gasteiger charge is 1.96. The normalized spacial score (nSPS) is 10.0. The second-order valence-electron chi connectivity index (χ2n) is 2.25. The summed E-state index contributed by atoms with van der Waals surface area (Å²) in [5, 5.41) is 9.29. The average molecular weight is 169 g/mol. The van der Waals surface area contributed by atoms with Crippen LogP contribution in [-0.4, -0.2) is 12.2 Å². The van der Waals surface area contributed by atoms with Gasteiger partial charge in [-0.25, -0.2) is 0 Å². The van der Waals surface area contributed by atoms with Crippen LogP contribution in [0.15, 0.2) is 23.1 Å². The lowest BCUT2D eigenvalue weighted by molar-refractivity contribution is 0.469. The number of hydrogen-bond donors (Lipinski definition) is 2. The molecular formula is C8H11NOS. The summed E-state index contributed by atoms with van der Waals surface area (Å²) in [5.74, 6) is 0.352. The zero-order chi connectivity index (χ0) is 8.27. The lowest BCUT2D eigenvalue weighted by Gasteiger charge is -2.01. The van der Waals surface area contributed by atoms with Crippen molar-refractivity contribution in [2.45, 2.75) is 11.8 Å². The summed E-state index contributed by atoms with van der Waals surface area (Å²) in [6.07, 6.45) is 0. The number of phenols is 1. The number of rotatable bonds is 2. The summed E-state index contributed by atoms with van der Waals surface area (Å²) in [4.78, 5) is 1.02. The fourth-order valence-corrected chi connectivity index (χ4v) is 1.31. The SMILES string of the molecule is CNSc1ccc(C)c(O)c1. The van der Waals surface area contributed by atoms with Crippen LogP contribution in [0.2, 0.25) is 0 Å².